The molecule has 0 aromatic heterocycles. The molecule has 0 spiro atoms. The molecule has 16 heavy (non-hydrogen) atoms. The Morgan fingerprint density at radius 1 is 1.25 bits per heavy atom. The number of hydrogen-bond acceptors (Lipinski definition) is 2. The fourth-order valence-electron chi connectivity index (χ4n) is 1.10. The smallest absolute Gasteiger partial charge is 0.223 e. The number of nitrogens with one attached hydrogen (secondary N) is 1. The standard InChI is InChI=1S/C12H26N2OS/c1-10(2)13-12(15)11(3)9-16-8-7-14(4,5)6/h10-11H,7-9H2,1-6H3/p+1. The molecular formula is C12H27N2OS+. The van der Waals surface area contributed by atoms with E-state index in [-0.39, 0.29) is 17.9 Å². The van der Waals surface area contributed by atoms with Gasteiger partial charge in [0, 0.05) is 23.5 Å². The van der Waals surface area contributed by atoms with Gasteiger partial charge in [0.15, 0.2) is 0 Å². The lowest BCUT2D eigenvalue weighted by Crippen LogP contribution is -2.37. The number of thioether (sulfide) groups is 1. The maximum Gasteiger partial charge on any atom is 0.223 e. The Labute approximate surface area is 105 Å². The molecule has 0 aromatic rings. The molecule has 1 amide bonds. The number of hydrogen-bond donors (Lipinski definition) is 1. The maximum atomic E-state index is 11.6. The summed E-state index contributed by atoms with van der Waals surface area (Å²) >= 11 is 1.87. The lowest BCUT2D eigenvalue weighted by molar-refractivity contribution is -0.867. The topological polar surface area (TPSA) is 29.1 Å². The van der Waals surface area contributed by atoms with Crippen LogP contribution in [0.25, 0.3) is 0 Å². The predicted octanol–water partition coefficient (Wildman–Crippen LogP) is 1.59. The third-order valence-corrected chi connectivity index (χ3v) is 3.36. The summed E-state index contributed by atoms with van der Waals surface area (Å²) in [5, 5.41) is 2.94. The van der Waals surface area contributed by atoms with E-state index in [1.807, 2.05) is 32.5 Å². The molecule has 0 aliphatic heterocycles. The second kappa shape index (κ2) is 7.17. The molecule has 1 N–H and O–H groups in total. The van der Waals surface area contributed by atoms with Crippen LogP contribution in [0.3, 0.4) is 0 Å². The van der Waals surface area contributed by atoms with Gasteiger partial charge in [0.05, 0.1) is 27.7 Å². The van der Waals surface area contributed by atoms with Crippen LogP contribution in [0, 0.1) is 5.92 Å². The van der Waals surface area contributed by atoms with E-state index in [4.69, 9.17) is 0 Å². The monoisotopic (exact) mass is 247 g/mol. The highest BCUT2D eigenvalue weighted by molar-refractivity contribution is 7.99. The van der Waals surface area contributed by atoms with Gasteiger partial charge in [0.1, 0.15) is 0 Å². The largest absolute Gasteiger partial charge is 0.354 e. The van der Waals surface area contributed by atoms with Crippen molar-refractivity contribution in [2.75, 3.05) is 39.2 Å². The minimum absolute atomic E-state index is 0.111. The quantitative estimate of drug-likeness (QED) is 0.547. The summed E-state index contributed by atoms with van der Waals surface area (Å²) in [7, 11) is 6.57. The van der Waals surface area contributed by atoms with Gasteiger partial charge in [-0.15, -0.1) is 0 Å². The Morgan fingerprint density at radius 3 is 2.25 bits per heavy atom. The normalized spacial score (nSPS) is 13.9. The first kappa shape index (κ1) is 15.8. The molecule has 0 bridgehead atoms. The highest BCUT2D eigenvalue weighted by atomic mass is 32.2. The first-order valence-corrected chi connectivity index (χ1v) is 7.06. The molecule has 0 rings (SSSR count). The van der Waals surface area contributed by atoms with Crippen LogP contribution in [0.15, 0.2) is 0 Å². The molecule has 1 unspecified atom stereocenters. The molecule has 0 radical (unpaired) electrons. The van der Waals surface area contributed by atoms with Gasteiger partial charge in [0.25, 0.3) is 0 Å². The van der Waals surface area contributed by atoms with Crippen molar-refractivity contribution in [2.45, 2.75) is 26.8 Å². The molecule has 0 saturated carbocycles. The molecule has 0 heterocycles. The highest BCUT2D eigenvalue weighted by Crippen LogP contribution is 2.09. The lowest BCUT2D eigenvalue weighted by Gasteiger charge is -2.23. The van der Waals surface area contributed by atoms with E-state index < -0.39 is 0 Å². The van der Waals surface area contributed by atoms with E-state index in [0.29, 0.717) is 0 Å². The van der Waals surface area contributed by atoms with E-state index in [1.165, 1.54) is 0 Å². The molecule has 96 valence electrons. The number of carbonyl (C=O) groups is 1. The minimum atomic E-state index is 0.111. The molecular weight excluding hydrogens is 220 g/mol. The van der Waals surface area contributed by atoms with E-state index >= 15 is 0 Å². The third-order valence-electron chi connectivity index (χ3n) is 2.15. The summed E-state index contributed by atoms with van der Waals surface area (Å²) < 4.78 is 0.986. The number of rotatable bonds is 7. The number of carbonyl (C=O) groups excluding carboxylic acids is 1. The van der Waals surface area contributed by atoms with Gasteiger partial charge >= 0.3 is 0 Å². The van der Waals surface area contributed by atoms with Crippen LogP contribution in [0.2, 0.25) is 0 Å². The number of amides is 1. The summed E-state index contributed by atoms with van der Waals surface area (Å²) in [6.07, 6.45) is 0. The van der Waals surface area contributed by atoms with Gasteiger partial charge in [-0.25, -0.2) is 0 Å². The van der Waals surface area contributed by atoms with Gasteiger partial charge in [-0.05, 0) is 13.8 Å². The molecule has 0 saturated heterocycles. The molecule has 1 atom stereocenters. The summed E-state index contributed by atoms with van der Waals surface area (Å²) in [5.74, 6) is 2.31. The summed E-state index contributed by atoms with van der Waals surface area (Å²) in [6.45, 7) is 7.13. The molecule has 4 heteroatoms. The van der Waals surface area contributed by atoms with Gasteiger partial charge in [0.2, 0.25) is 5.91 Å². The van der Waals surface area contributed by atoms with Crippen molar-refractivity contribution in [2.24, 2.45) is 5.92 Å². The lowest BCUT2D eigenvalue weighted by atomic mass is 10.2. The van der Waals surface area contributed by atoms with Crippen LogP contribution < -0.4 is 5.32 Å². The number of quaternary nitrogens is 1. The molecule has 3 nitrogen and oxygen atoms in total. The predicted molar refractivity (Wildman–Crippen MR) is 72.7 cm³/mol. The van der Waals surface area contributed by atoms with Crippen molar-refractivity contribution in [1.29, 1.82) is 0 Å². The van der Waals surface area contributed by atoms with Crippen molar-refractivity contribution in [3.63, 3.8) is 0 Å². The van der Waals surface area contributed by atoms with Gasteiger partial charge in [-0.1, -0.05) is 6.92 Å². The molecule has 0 fully saturated rings. The Bertz CT molecular complexity index is 212. The zero-order valence-electron chi connectivity index (χ0n) is 11.5. The van der Waals surface area contributed by atoms with Crippen LogP contribution in [-0.2, 0) is 4.79 Å². The summed E-state index contributed by atoms with van der Waals surface area (Å²) in [4.78, 5) is 11.6. The Hall–Kier alpha value is -0.220. The van der Waals surface area contributed by atoms with Gasteiger partial charge < -0.3 is 9.80 Å². The summed E-state index contributed by atoms with van der Waals surface area (Å²) in [5.41, 5.74) is 0. The first-order valence-electron chi connectivity index (χ1n) is 5.91. The van der Waals surface area contributed by atoms with Gasteiger partial charge in [-0.3, -0.25) is 4.79 Å². The fourth-order valence-corrected chi connectivity index (χ4v) is 2.45. The second-order valence-corrected chi connectivity index (χ2v) is 6.80. The van der Waals surface area contributed by atoms with Crippen molar-refractivity contribution in [3.05, 3.63) is 0 Å². The van der Waals surface area contributed by atoms with Crippen molar-refractivity contribution >= 4 is 17.7 Å². The zero-order valence-corrected chi connectivity index (χ0v) is 12.4. The Kier molecular flexibility index (Phi) is 7.07. The van der Waals surface area contributed by atoms with Crippen molar-refractivity contribution in [1.82, 2.24) is 5.32 Å². The van der Waals surface area contributed by atoms with Crippen LogP contribution in [-0.4, -0.2) is 55.6 Å². The van der Waals surface area contributed by atoms with E-state index in [1.54, 1.807) is 0 Å². The summed E-state index contributed by atoms with van der Waals surface area (Å²) in [6, 6.07) is 0.242. The van der Waals surface area contributed by atoms with Gasteiger partial charge in [-0.2, -0.15) is 11.8 Å². The van der Waals surface area contributed by atoms with E-state index in [9.17, 15) is 4.79 Å². The van der Waals surface area contributed by atoms with Crippen molar-refractivity contribution < 1.29 is 9.28 Å². The van der Waals surface area contributed by atoms with Crippen LogP contribution >= 0.6 is 11.8 Å². The van der Waals surface area contributed by atoms with Crippen LogP contribution in [0.1, 0.15) is 20.8 Å². The third kappa shape index (κ3) is 9.04. The molecule has 0 aromatic carbocycles. The average molecular weight is 247 g/mol. The molecule has 0 aliphatic carbocycles. The Morgan fingerprint density at radius 2 is 1.81 bits per heavy atom. The van der Waals surface area contributed by atoms with Crippen LogP contribution in [0.4, 0.5) is 0 Å². The highest BCUT2D eigenvalue weighted by Gasteiger charge is 2.14. The fraction of sp³-hybridized carbons (Fsp3) is 0.917. The van der Waals surface area contributed by atoms with E-state index in [0.717, 1.165) is 22.5 Å². The second-order valence-electron chi connectivity index (χ2n) is 5.65. The van der Waals surface area contributed by atoms with Crippen molar-refractivity contribution in [3.8, 4) is 0 Å². The Balaban J connectivity index is 3.65. The SMILES string of the molecule is CC(C)NC(=O)C(C)CSCC[N+](C)(C)C. The zero-order chi connectivity index (χ0) is 12.8. The average Bonchev–Trinajstić information content (AvgIpc) is 2.09. The van der Waals surface area contributed by atoms with Crippen LogP contribution in [0.5, 0.6) is 0 Å². The first-order chi connectivity index (χ1) is 7.22. The maximum absolute atomic E-state index is 11.6. The number of nitrogens with zero attached hydrogens (tertiary/aromatic N) is 1. The molecule has 0 aliphatic rings. The minimum Gasteiger partial charge on any atom is -0.354 e. The van der Waals surface area contributed by atoms with E-state index in [2.05, 4.69) is 26.5 Å².